The van der Waals surface area contributed by atoms with Crippen molar-refractivity contribution in [2.75, 3.05) is 6.54 Å². The molecule has 0 aliphatic carbocycles. The van der Waals surface area contributed by atoms with Gasteiger partial charge in [0.1, 0.15) is 6.54 Å². The molecular weight excluding hydrogens is 299 g/mol. The molecule has 0 heterocycles. The van der Waals surface area contributed by atoms with E-state index in [2.05, 4.69) is 0 Å². The Morgan fingerprint density at radius 1 is 1.25 bits per heavy atom. The van der Waals surface area contributed by atoms with Crippen LogP contribution in [0.4, 0.5) is 13.2 Å². The average molecular weight is 309 g/mol. The minimum atomic E-state index is -4.64. The number of alkyl halides is 3. The van der Waals surface area contributed by atoms with Crippen LogP contribution >= 0.6 is 0 Å². The molecule has 9 heteroatoms. The van der Waals surface area contributed by atoms with E-state index in [1.807, 2.05) is 0 Å². The van der Waals surface area contributed by atoms with Crippen LogP contribution in [-0.2, 0) is 14.8 Å². The number of rotatable bonds is 5. The monoisotopic (exact) mass is 309 g/mol. The molecule has 0 aliphatic rings. The van der Waals surface area contributed by atoms with Crippen LogP contribution in [-0.4, -0.2) is 32.2 Å². The van der Waals surface area contributed by atoms with Crippen LogP contribution < -0.4 is 4.72 Å². The second-order valence-electron chi connectivity index (χ2n) is 3.68. The molecule has 0 saturated carbocycles. The van der Waals surface area contributed by atoms with Crippen molar-refractivity contribution in [1.29, 1.82) is 0 Å². The summed E-state index contributed by atoms with van der Waals surface area (Å²) < 4.78 is 60.3. The highest BCUT2D eigenvalue weighted by Crippen LogP contribution is 2.16. The van der Waals surface area contributed by atoms with E-state index in [9.17, 15) is 26.4 Å². The van der Waals surface area contributed by atoms with Crippen molar-refractivity contribution >= 4 is 22.1 Å². The van der Waals surface area contributed by atoms with Crippen LogP contribution in [0.3, 0.4) is 0 Å². The van der Waals surface area contributed by atoms with Crippen molar-refractivity contribution < 1.29 is 31.5 Å². The molecule has 0 unspecified atom stereocenters. The number of carbonyl (C=O) groups is 1. The molecule has 5 nitrogen and oxygen atoms in total. The SMILES string of the molecule is O=C(O)/C=C/c1ccc(S(=O)(=O)NCC(F)(F)F)cc1. The molecular formula is C11H10F3NO4S. The van der Waals surface area contributed by atoms with E-state index in [4.69, 9.17) is 5.11 Å². The first-order chi connectivity index (χ1) is 9.10. The highest BCUT2D eigenvalue weighted by molar-refractivity contribution is 7.89. The van der Waals surface area contributed by atoms with Gasteiger partial charge in [-0.1, -0.05) is 12.1 Å². The molecule has 0 amide bonds. The lowest BCUT2D eigenvalue weighted by atomic mass is 10.2. The number of nitrogens with one attached hydrogen (secondary N) is 1. The van der Waals surface area contributed by atoms with Crippen LogP contribution in [0.1, 0.15) is 5.56 Å². The Kier molecular flexibility index (Phi) is 4.90. The predicted octanol–water partition coefficient (Wildman–Crippen LogP) is 1.62. The summed E-state index contributed by atoms with van der Waals surface area (Å²) in [6.45, 7) is -1.66. The van der Waals surface area contributed by atoms with Crippen molar-refractivity contribution in [2.45, 2.75) is 11.1 Å². The molecule has 0 radical (unpaired) electrons. The molecule has 110 valence electrons. The van der Waals surface area contributed by atoms with Crippen molar-refractivity contribution in [1.82, 2.24) is 4.72 Å². The number of hydrogen-bond acceptors (Lipinski definition) is 3. The lowest BCUT2D eigenvalue weighted by Crippen LogP contribution is -2.33. The molecule has 20 heavy (non-hydrogen) atoms. The Bertz CT molecular complexity index is 606. The number of aliphatic carboxylic acids is 1. The Morgan fingerprint density at radius 3 is 2.25 bits per heavy atom. The molecule has 2 N–H and O–H groups in total. The molecule has 0 saturated heterocycles. The summed E-state index contributed by atoms with van der Waals surface area (Å²) in [4.78, 5) is 9.94. The normalized spacial score (nSPS) is 12.8. The minimum absolute atomic E-state index is 0.339. The average Bonchev–Trinajstić information content (AvgIpc) is 2.34. The second kappa shape index (κ2) is 6.06. The van der Waals surface area contributed by atoms with Crippen molar-refractivity contribution in [2.24, 2.45) is 0 Å². The fourth-order valence-electron chi connectivity index (χ4n) is 1.19. The Labute approximate surface area is 112 Å². The highest BCUT2D eigenvalue weighted by atomic mass is 32.2. The van der Waals surface area contributed by atoms with Crippen LogP contribution in [0.2, 0.25) is 0 Å². The first kappa shape index (κ1) is 16.2. The fraction of sp³-hybridized carbons (Fsp3) is 0.182. The van der Waals surface area contributed by atoms with E-state index in [0.717, 1.165) is 18.2 Å². The molecule has 0 aliphatic heterocycles. The van der Waals surface area contributed by atoms with E-state index >= 15 is 0 Å². The van der Waals surface area contributed by atoms with Gasteiger partial charge in [-0.3, -0.25) is 0 Å². The lowest BCUT2D eigenvalue weighted by molar-refractivity contribution is -0.131. The van der Waals surface area contributed by atoms with E-state index < -0.39 is 28.7 Å². The molecule has 1 rings (SSSR count). The lowest BCUT2D eigenvalue weighted by Gasteiger charge is -2.09. The zero-order valence-corrected chi connectivity index (χ0v) is 10.7. The van der Waals surface area contributed by atoms with Gasteiger partial charge in [0.15, 0.2) is 0 Å². The highest BCUT2D eigenvalue weighted by Gasteiger charge is 2.29. The van der Waals surface area contributed by atoms with Gasteiger partial charge in [0, 0.05) is 6.08 Å². The summed E-state index contributed by atoms with van der Waals surface area (Å²) >= 11 is 0. The Hall–Kier alpha value is -1.87. The second-order valence-corrected chi connectivity index (χ2v) is 5.45. The van der Waals surface area contributed by atoms with Gasteiger partial charge in [0.05, 0.1) is 4.90 Å². The molecule has 0 bridgehead atoms. The third-order valence-electron chi connectivity index (χ3n) is 2.07. The van der Waals surface area contributed by atoms with Gasteiger partial charge in [-0.2, -0.15) is 13.2 Å². The number of carboxylic acid groups (broad SMARTS) is 1. The Morgan fingerprint density at radius 2 is 1.80 bits per heavy atom. The quantitative estimate of drug-likeness (QED) is 0.810. The third-order valence-corrected chi connectivity index (χ3v) is 3.49. The van der Waals surface area contributed by atoms with Crippen LogP contribution in [0.15, 0.2) is 35.2 Å². The number of benzene rings is 1. The van der Waals surface area contributed by atoms with Gasteiger partial charge < -0.3 is 5.11 Å². The van der Waals surface area contributed by atoms with E-state index in [1.54, 1.807) is 0 Å². The van der Waals surface area contributed by atoms with Crippen molar-refractivity contribution in [3.8, 4) is 0 Å². The molecule has 1 aromatic rings. The zero-order valence-electron chi connectivity index (χ0n) is 9.89. The van der Waals surface area contributed by atoms with Gasteiger partial charge in [-0.25, -0.2) is 17.9 Å². The number of hydrogen-bond donors (Lipinski definition) is 2. The summed E-state index contributed by atoms with van der Waals surface area (Å²) in [7, 11) is -4.25. The standard InChI is InChI=1S/C11H10F3NO4S/c12-11(13,14)7-15-20(18,19)9-4-1-8(2-5-9)3-6-10(16)17/h1-6,15H,7H2,(H,16,17)/b6-3+. The zero-order chi connectivity index (χ0) is 15.4. The minimum Gasteiger partial charge on any atom is -0.478 e. The van der Waals surface area contributed by atoms with Crippen LogP contribution in [0, 0.1) is 0 Å². The third kappa shape index (κ3) is 5.41. The van der Waals surface area contributed by atoms with E-state index in [1.165, 1.54) is 22.9 Å². The maximum absolute atomic E-state index is 12.0. The molecule has 1 aromatic carbocycles. The molecule has 0 fully saturated rings. The number of halogens is 3. The first-order valence-corrected chi connectivity index (χ1v) is 6.66. The maximum atomic E-state index is 12.0. The summed E-state index contributed by atoms with van der Waals surface area (Å²) in [6, 6.07) is 4.73. The molecule has 0 aromatic heterocycles. The molecule has 0 atom stereocenters. The van der Waals surface area contributed by atoms with E-state index in [-0.39, 0.29) is 4.90 Å². The van der Waals surface area contributed by atoms with Gasteiger partial charge in [0.2, 0.25) is 10.0 Å². The van der Waals surface area contributed by atoms with Gasteiger partial charge in [-0.15, -0.1) is 0 Å². The van der Waals surface area contributed by atoms with Crippen molar-refractivity contribution in [3.05, 3.63) is 35.9 Å². The first-order valence-electron chi connectivity index (χ1n) is 5.18. The smallest absolute Gasteiger partial charge is 0.402 e. The van der Waals surface area contributed by atoms with Crippen molar-refractivity contribution in [3.63, 3.8) is 0 Å². The van der Waals surface area contributed by atoms with Crippen LogP contribution in [0.5, 0.6) is 0 Å². The van der Waals surface area contributed by atoms with Gasteiger partial charge in [0.25, 0.3) is 0 Å². The summed E-state index contributed by atoms with van der Waals surface area (Å²) in [5.74, 6) is -1.17. The van der Waals surface area contributed by atoms with Gasteiger partial charge >= 0.3 is 12.1 Å². The van der Waals surface area contributed by atoms with E-state index in [0.29, 0.717) is 5.56 Å². The van der Waals surface area contributed by atoms with Crippen LogP contribution in [0.25, 0.3) is 6.08 Å². The number of sulfonamides is 1. The Balaban J connectivity index is 2.84. The molecule has 0 spiro atoms. The summed E-state index contributed by atoms with van der Waals surface area (Å²) in [6.07, 6.45) is -2.56. The summed E-state index contributed by atoms with van der Waals surface area (Å²) in [5, 5.41) is 8.41. The topological polar surface area (TPSA) is 83.5 Å². The van der Waals surface area contributed by atoms with Gasteiger partial charge in [-0.05, 0) is 23.8 Å². The number of carboxylic acids is 1. The fourth-order valence-corrected chi connectivity index (χ4v) is 2.20. The predicted molar refractivity (Wildman–Crippen MR) is 64.4 cm³/mol. The largest absolute Gasteiger partial charge is 0.478 e. The summed E-state index contributed by atoms with van der Waals surface area (Å²) in [5.41, 5.74) is 0.405. The maximum Gasteiger partial charge on any atom is 0.402 e.